The standard InChI is InChI=1S/C18H24F3N3OS/c1-12-16(2-3-17(22-12)18(19,20)21)26-24-10-13-8-23(9-14(13)11-24)15-4-6-25-7-5-15/h2-3,13-15H,4-11H2,1H3. The molecule has 1 aromatic rings. The summed E-state index contributed by atoms with van der Waals surface area (Å²) in [5.74, 6) is 1.32. The van der Waals surface area contributed by atoms with Crippen molar-refractivity contribution >= 4 is 11.9 Å². The molecule has 3 aliphatic heterocycles. The van der Waals surface area contributed by atoms with Crippen LogP contribution in [0.3, 0.4) is 0 Å². The fourth-order valence-corrected chi connectivity index (χ4v) is 5.47. The predicted octanol–water partition coefficient (Wildman–Crippen LogP) is 3.46. The molecule has 1 aromatic heterocycles. The van der Waals surface area contributed by atoms with Crippen LogP contribution < -0.4 is 0 Å². The molecule has 0 amide bonds. The average molecular weight is 387 g/mol. The maximum Gasteiger partial charge on any atom is 0.433 e. The summed E-state index contributed by atoms with van der Waals surface area (Å²) in [6.07, 6.45) is -2.12. The number of fused-ring (bicyclic) bond motifs is 1. The van der Waals surface area contributed by atoms with Crippen molar-refractivity contribution in [2.45, 2.75) is 36.9 Å². The molecular formula is C18H24F3N3OS. The Morgan fingerprint density at radius 3 is 2.31 bits per heavy atom. The molecule has 0 saturated carbocycles. The van der Waals surface area contributed by atoms with Crippen LogP contribution in [-0.4, -0.2) is 59.6 Å². The molecule has 26 heavy (non-hydrogen) atoms. The number of rotatable bonds is 3. The van der Waals surface area contributed by atoms with Gasteiger partial charge in [-0.1, -0.05) is 0 Å². The number of nitrogens with zero attached hydrogens (tertiary/aromatic N) is 3. The molecule has 4 rings (SSSR count). The Labute approximate surface area is 156 Å². The Bertz CT molecular complexity index is 637. The second kappa shape index (κ2) is 7.30. The van der Waals surface area contributed by atoms with Gasteiger partial charge in [-0.15, -0.1) is 0 Å². The van der Waals surface area contributed by atoms with Gasteiger partial charge < -0.3 is 4.74 Å². The fraction of sp³-hybridized carbons (Fsp3) is 0.722. The van der Waals surface area contributed by atoms with Crippen molar-refractivity contribution in [2.75, 3.05) is 39.4 Å². The Morgan fingerprint density at radius 1 is 1.08 bits per heavy atom. The molecule has 2 unspecified atom stereocenters. The molecular weight excluding hydrogens is 363 g/mol. The van der Waals surface area contributed by atoms with Crippen molar-refractivity contribution in [3.63, 3.8) is 0 Å². The Kier molecular flexibility index (Phi) is 5.20. The molecule has 0 bridgehead atoms. The monoisotopic (exact) mass is 387 g/mol. The van der Waals surface area contributed by atoms with Crippen LogP contribution >= 0.6 is 11.9 Å². The van der Waals surface area contributed by atoms with Crippen molar-refractivity contribution in [3.05, 3.63) is 23.5 Å². The molecule has 3 aliphatic rings. The van der Waals surface area contributed by atoms with Gasteiger partial charge in [0.25, 0.3) is 0 Å². The van der Waals surface area contributed by atoms with E-state index in [4.69, 9.17) is 4.74 Å². The molecule has 4 nitrogen and oxygen atoms in total. The summed E-state index contributed by atoms with van der Waals surface area (Å²) in [7, 11) is 0. The quantitative estimate of drug-likeness (QED) is 0.741. The van der Waals surface area contributed by atoms with Crippen LogP contribution in [-0.2, 0) is 10.9 Å². The van der Waals surface area contributed by atoms with E-state index in [1.54, 1.807) is 24.9 Å². The highest BCUT2D eigenvalue weighted by molar-refractivity contribution is 7.97. The third-order valence-electron chi connectivity index (χ3n) is 5.74. The fourth-order valence-electron chi connectivity index (χ4n) is 4.35. The van der Waals surface area contributed by atoms with E-state index in [0.29, 0.717) is 23.6 Å². The van der Waals surface area contributed by atoms with Crippen LogP contribution in [0.2, 0.25) is 0 Å². The summed E-state index contributed by atoms with van der Waals surface area (Å²) >= 11 is 1.56. The lowest BCUT2D eigenvalue weighted by Gasteiger charge is -2.32. The highest BCUT2D eigenvalue weighted by Gasteiger charge is 2.42. The number of hydrogen-bond donors (Lipinski definition) is 0. The van der Waals surface area contributed by atoms with Gasteiger partial charge in [-0.05, 0) is 55.7 Å². The maximum absolute atomic E-state index is 12.8. The SMILES string of the molecule is Cc1nc(C(F)(F)F)ccc1SN1CC2CN(C3CCOCC3)CC2C1. The third-order valence-corrected chi connectivity index (χ3v) is 6.93. The van der Waals surface area contributed by atoms with Crippen LogP contribution in [0.5, 0.6) is 0 Å². The van der Waals surface area contributed by atoms with Gasteiger partial charge in [0.2, 0.25) is 0 Å². The number of alkyl halides is 3. The van der Waals surface area contributed by atoms with Gasteiger partial charge in [0.05, 0.1) is 5.69 Å². The highest BCUT2D eigenvalue weighted by atomic mass is 32.2. The van der Waals surface area contributed by atoms with E-state index in [9.17, 15) is 13.2 Å². The summed E-state index contributed by atoms with van der Waals surface area (Å²) in [5.41, 5.74) is -0.365. The van der Waals surface area contributed by atoms with E-state index in [0.717, 1.165) is 63.2 Å². The van der Waals surface area contributed by atoms with E-state index in [-0.39, 0.29) is 0 Å². The number of likely N-dealkylation sites (tertiary alicyclic amines) is 1. The van der Waals surface area contributed by atoms with Crippen molar-refractivity contribution < 1.29 is 17.9 Å². The van der Waals surface area contributed by atoms with Gasteiger partial charge in [0.1, 0.15) is 5.69 Å². The number of halogens is 3. The molecule has 3 saturated heterocycles. The molecule has 0 spiro atoms. The molecule has 0 aliphatic carbocycles. The lowest BCUT2D eigenvalue weighted by Crippen LogP contribution is -2.39. The van der Waals surface area contributed by atoms with Crippen LogP contribution in [0.15, 0.2) is 17.0 Å². The zero-order valence-electron chi connectivity index (χ0n) is 14.8. The van der Waals surface area contributed by atoms with Crippen LogP contribution in [0.4, 0.5) is 13.2 Å². The summed E-state index contributed by atoms with van der Waals surface area (Å²) < 4.78 is 46.0. The molecule has 3 fully saturated rings. The number of ether oxygens (including phenoxy) is 1. The molecule has 0 aromatic carbocycles. The Morgan fingerprint density at radius 2 is 1.73 bits per heavy atom. The van der Waals surface area contributed by atoms with Gasteiger partial charge in [-0.25, -0.2) is 9.29 Å². The van der Waals surface area contributed by atoms with E-state index < -0.39 is 11.9 Å². The first-order valence-corrected chi connectivity index (χ1v) is 9.97. The Hall–Kier alpha value is -0.830. The maximum atomic E-state index is 12.8. The zero-order chi connectivity index (χ0) is 18.3. The van der Waals surface area contributed by atoms with Gasteiger partial charge in [-0.3, -0.25) is 4.90 Å². The third kappa shape index (κ3) is 3.88. The smallest absolute Gasteiger partial charge is 0.381 e. The normalized spacial score (nSPS) is 28.6. The Balaban J connectivity index is 1.34. The summed E-state index contributed by atoms with van der Waals surface area (Å²) in [4.78, 5) is 7.19. The van der Waals surface area contributed by atoms with Crippen LogP contribution in [0.1, 0.15) is 24.2 Å². The molecule has 2 atom stereocenters. The van der Waals surface area contributed by atoms with Crippen molar-refractivity contribution in [1.29, 1.82) is 0 Å². The minimum atomic E-state index is -4.38. The molecule has 0 N–H and O–H groups in total. The minimum absolute atomic E-state index is 0.450. The van der Waals surface area contributed by atoms with E-state index >= 15 is 0 Å². The first kappa shape index (κ1) is 18.5. The number of aryl methyl sites for hydroxylation is 1. The first-order valence-electron chi connectivity index (χ1n) is 9.19. The summed E-state index contributed by atoms with van der Waals surface area (Å²) in [6, 6.07) is 3.30. The van der Waals surface area contributed by atoms with Gasteiger partial charge in [0.15, 0.2) is 0 Å². The first-order chi connectivity index (χ1) is 12.4. The van der Waals surface area contributed by atoms with E-state index in [2.05, 4.69) is 14.2 Å². The summed E-state index contributed by atoms with van der Waals surface area (Å²) in [5, 5.41) is 0. The van der Waals surface area contributed by atoms with Crippen molar-refractivity contribution in [1.82, 2.24) is 14.2 Å². The van der Waals surface area contributed by atoms with Crippen LogP contribution in [0.25, 0.3) is 0 Å². The van der Waals surface area contributed by atoms with Gasteiger partial charge in [-0.2, -0.15) is 13.2 Å². The van der Waals surface area contributed by atoms with E-state index in [1.807, 2.05) is 0 Å². The topological polar surface area (TPSA) is 28.6 Å². The lowest BCUT2D eigenvalue weighted by molar-refractivity contribution is -0.141. The van der Waals surface area contributed by atoms with Crippen molar-refractivity contribution in [2.24, 2.45) is 11.8 Å². The minimum Gasteiger partial charge on any atom is -0.381 e. The molecule has 8 heteroatoms. The highest BCUT2D eigenvalue weighted by Crippen LogP contribution is 2.39. The zero-order valence-corrected chi connectivity index (χ0v) is 15.7. The molecule has 4 heterocycles. The molecule has 0 radical (unpaired) electrons. The van der Waals surface area contributed by atoms with Gasteiger partial charge >= 0.3 is 6.18 Å². The average Bonchev–Trinajstić information content (AvgIpc) is 3.15. The second-order valence-corrected chi connectivity index (χ2v) is 8.67. The number of pyridine rings is 1. The predicted molar refractivity (Wildman–Crippen MR) is 93.8 cm³/mol. The van der Waals surface area contributed by atoms with Crippen LogP contribution in [0, 0.1) is 18.8 Å². The van der Waals surface area contributed by atoms with Crippen molar-refractivity contribution in [3.8, 4) is 0 Å². The van der Waals surface area contributed by atoms with Gasteiger partial charge in [0, 0.05) is 50.3 Å². The number of aromatic nitrogens is 1. The number of hydrogen-bond acceptors (Lipinski definition) is 5. The second-order valence-electron chi connectivity index (χ2n) is 7.53. The lowest BCUT2D eigenvalue weighted by atomic mass is 10.0. The molecule has 144 valence electrons. The summed E-state index contributed by atoms with van der Waals surface area (Å²) in [6.45, 7) is 7.66. The largest absolute Gasteiger partial charge is 0.433 e. The van der Waals surface area contributed by atoms with E-state index in [1.165, 1.54) is 0 Å².